The van der Waals surface area contributed by atoms with Gasteiger partial charge >= 0.3 is 0 Å². The summed E-state index contributed by atoms with van der Waals surface area (Å²) in [5.74, 6) is -1.79. The number of hydrogen-bond acceptors (Lipinski definition) is 4. The van der Waals surface area contributed by atoms with Crippen molar-refractivity contribution in [3.63, 3.8) is 0 Å². The molecule has 5 aromatic rings. The predicted molar refractivity (Wildman–Crippen MR) is 153 cm³/mol. The lowest BCUT2D eigenvalue weighted by Gasteiger charge is -2.34. The molecule has 0 saturated carbocycles. The number of carbonyl (C=O) groups excluding carboxylic acids is 2. The van der Waals surface area contributed by atoms with E-state index < -0.39 is 28.6 Å². The van der Waals surface area contributed by atoms with Crippen LogP contribution in [0.4, 0.5) is 10.1 Å². The molecule has 1 unspecified atom stereocenters. The Kier molecular flexibility index (Phi) is 5.63. The van der Waals surface area contributed by atoms with Gasteiger partial charge in [-0.05, 0) is 42.8 Å². The van der Waals surface area contributed by atoms with Crippen molar-refractivity contribution in [3.8, 4) is 0 Å². The first-order chi connectivity index (χ1) is 19.8. The number of nitrogens with zero attached hydrogens (tertiary/aromatic N) is 2. The number of rotatable bonds is 4. The number of carbonyl (C=O) groups is 2. The quantitative estimate of drug-likeness (QED) is 0.255. The summed E-state index contributed by atoms with van der Waals surface area (Å²) >= 11 is 6.52. The number of hydrogen-bond donors (Lipinski definition) is 0. The third-order valence-corrected chi connectivity index (χ3v) is 8.33. The first-order valence-electron chi connectivity index (χ1n) is 13.1. The van der Waals surface area contributed by atoms with Gasteiger partial charge in [0.25, 0.3) is 11.8 Å². The molecule has 3 heterocycles. The zero-order valence-electron chi connectivity index (χ0n) is 21.9. The third kappa shape index (κ3) is 3.52. The second-order valence-corrected chi connectivity index (χ2v) is 10.7. The van der Waals surface area contributed by atoms with Gasteiger partial charge in [0.2, 0.25) is 5.76 Å². The van der Waals surface area contributed by atoms with Crippen molar-refractivity contribution in [2.45, 2.75) is 25.6 Å². The summed E-state index contributed by atoms with van der Waals surface area (Å²) in [6.45, 7) is 1.69. The highest BCUT2D eigenvalue weighted by molar-refractivity contribution is 6.31. The fourth-order valence-corrected chi connectivity index (χ4v) is 6.27. The third-order valence-electron chi connectivity index (χ3n) is 7.96. The van der Waals surface area contributed by atoms with Crippen LogP contribution in [0.5, 0.6) is 0 Å². The molecule has 2 aliphatic rings. The van der Waals surface area contributed by atoms with Crippen LogP contribution in [-0.4, -0.2) is 16.7 Å². The normalized spacial score (nSPS) is 17.5. The molecule has 0 bridgehead atoms. The van der Waals surface area contributed by atoms with E-state index in [1.165, 1.54) is 15.9 Å². The number of halogens is 2. The predicted octanol–water partition coefficient (Wildman–Crippen LogP) is 6.34. The summed E-state index contributed by atoms with van der Waals surface area (Å²) < 4.78 is 20.9. The van der Waals surface area contributed by atoms with Crippen LogP contribution in [0.2, 0.25) is 5.02 Å². The lowest BCUT2D eigenvalue weighted by molar-refractivity contribution is -0.126. The zero-order valence-corrected chi connectivity index (χ0v) is 22.6. The molecule has 2 amide bonds. The second-order valence-electron chi connectivity index (χ2n) is 10.3. The number of aryl methyl sites for hydroxylation is 1. The molecule has 41 heavy (non-hydrogen) atoms. The lowest BCUT2D eigenvalue weighted by atomic mass is 9.83. The summed E-state index contributed by atoms with van der Waals surface area (Å²) in [7, 11) is 0. The Morgan fingerprint density at radius 1 is 0.854 bits per heavy atom. The van der Waals surface area contributed by atoms with Crippen LogP contribution in [0, 0.1) is 12.7 Å². The molecule has 1 spiro atoms. The van der Waals surface area contributed by atoms with E-state index in [2.05, 4.69) is 0 Å². The molecule has 0 N–H and O–H groups in total. The second kappa shape index (κ2) is 9.14. The zero-order chi connectivity index (χ0) is 28.5. The van der Waals surface area contributed by atoms with Crippen molar-refractivity contribution in [2.24, 2.45) is 0 Å². The maximum Gasteiger partial charge on any atom is 0.291 e. The Hall–Kier alpha value is -4.75. The van der Waals surface area contributed by atoms with E-state index in [9.17, 15) is 18.8 Å². The van der Waals surface area contributed by atoms with Crippen molar-refractivity contribution in [1.29, 1.82) is 0 Å². The summed E-state index contributed by atoms with van der Waals surface area (Å²) in [5.41, 5.74) is 0.564. The fourth-order valence-electron chi connectivity index (χ4n) is 6.08. The van der Waals surface area contributed by atoms with Crippen LogP contribution >= 0.6 is 11.6 Å². The van der Waals surface area contributed by atoms with Gasteiger partial charge in [0.15, 0.2) is 11.0 Å². The highest BCUT2D eigenvalue weighted by atomic mass is 35.5. The Morgan fingerprint density at radius 3 is 2.34 bits per heavy atom. The molecule has 0 aliphatic carbocycles. The molecule has 202 valence electrons. The van der Waals surface area contributed by atoms with Crippen LogP contribution in [-0.2, 0) is 23.4 Å². The molecule has 7 rings (SSSR count). The number of para-hydroxylation sites is 1. The van der Waals surface area contributed by atoms with Gasteiger partial charge in [-0.2, -0.15) is 0 Å². The lowest BCUT2D eigenvalue weighted by Crippen LogP contribution is -2.53. The van der Waals surface area contributed by atoms with Gasteiger partial charge in [0.1, 0.15) is 11.4 Å². The van der Waals surface area contributed by atoms with Gasteiger partial charge in [0.05, 0.1) is 23.2 Å². The molecular formula is C33H22ClFN2O4. The van der Waals surface area contributed by atoms with Crippen molar-refractivity contribution in [2.75, 3.05) is 4.90 Å². The molecule has 4 aromatic carbocycles. The SMILES string of the molecule is Cc1ccc2oc3c(c(=O)c2c1)C1(C(=O)N(Cc2ccccc2F)c2ccccc21)N(Cc1ccccc1Cl)C3=O. The topological polar surface area (TPSA) is 70.8 Å². The molecule has 1 aromatic heterocycles. The van der Waals surface area contributed by atoms with Crippen LogP contribution in [0.1, 0.15) is 38.4 Å². The average Bonchev–Trinajstić information content (AvgIpc) is 3.36. The van der Waals surface area contributed by atoms with Crippen LogP contribution in [0.3, 0.4) is 0 Å². The molecule has 0 fully saturated rings. The van der Waals surface area contributed by atoms with Gasteiger partial charge in [-0.3, -0.25) is 14.4 Å². The van der Waals surface area contributed by atoms with E-state index >= 15 is 0 Å². The molecule has 0 saturated heterocycles. The molecule has 8 heteroatoms. The van der Waals surface area contributed by atoms with Crippen molar-refractivity contribution in [3.05, 3.63) is 146 Å². The van der Waals surface area contributed by atoms with Gasteiger partial charge in [-0.25, -0.2) is 4.39 Å². The largest absolute Gasteiger partial charge is 0.450 e. The van der Waals surface area contributed by atoms with Gasteiger partial charge < -0.3 is 14.2 Å². The minimum Gasteiger partial charge on any atom is -0.450 e. The maximum absolute atomic E-state index is 14.8. The van der Waals surface area contributed by atoms with E-state index in [1.54, 1.807) is 84.9 Å². The monoisotopic (exact) mass is 564 g/mol. The number of anilines is 1. The van der Waals surface area contributed by atoms with Gasteiger partial charge in [0, 0.05) is 22.7 Å². The van der Waals surface area contributed by atoms with Gasteiger partial charge in [-0.1, -0.05) is 77.8 Å². The Bertz CT molecular complexity index is 1990. The first kappa shape index (κ1) is 25.2. The first-order valence-corrected chi connectivity index (χ1v) is 13.5. The summed E-state index contributed by atoms with van der Waals surface area (Å²) in [4.78, 5) is 46.2. The minimum atomic E-state index is -1.84. The summed E-state index contributed by atoms with van der Waals surface area (Å²) in [6.07, 6.45) is 0. The van der Waals surface area contributed by atoms with E-state index in [0.29, 0.717) is 27.4 Å². The fraction of sp³-hybridized carbons (Fsp3) is 0.121. The standard InChI is InChI=1S/C33H22ClFN2O4/c1-19-14-15-27-22(16-19)29(38)28-30(41-27)31(39)37(18-20-8-2-5-11-24(20)34)33(28)23-10-4-7-13-26(23)36(32(33)40)17-21-9-3-6-12-25(21)35/h2-16H,17-18H2,1H3. The molecule has 0 radical (unpaired) electrons. The van der Waals surface area contributed by atoms with Crippen LogP contribution in [0.15, 0.2) is 100 Å². The molecular weight excluding hydrogens is 543 g/mol. The van der Waals surface area contributed by atoms with Gasteiger partial charge in [-0.15, -0.1) is 0 Å². The summed E-state index contributed by atoms with van der Waals surface area (Å²) in [6, 6.07) is 25.4. The Balaban J connectivity index is 1.53. The minimum absolute atomic E-state index is 0.0406. The highest BCUT2D eigenvalue weighted by Crippen LogP contribution is 2.53. The smallest absolute Gasteiger partial charge is 0.291 e. The molecule has 1 atom stereocenters. The molecule has 6 nitrogen and oxygen atoms in total. The van der Waals surface area contributed by atoms with E-state index in [0.717, 1.165) is 5.56 Å². The van der Waals surface area contributed by atoms with E-state index in [-0.39, 0.29) is 35.4 Å². The number of fused-ring (bicyclic) bond motifs is 5. The summed E-state index contributed by atoms with van der Waals surface area (Å²) in [5, 5.41) is 0.682. The number of benzene rings is 4. The molecule has 2 aliphatic heterocycles. The van der Waals surface area contributed by atoms with Crippen LogP contribution in [0.25, 0.3) is 11.0 Å². The van der Waals surface area contributed by atoms with Crippen molar-refractivity contribution < 1.29 is 18.4 Å². The van der Waals surface area contributed by atoms with Crippen LogP contribution < -0.4 is 10.3 Å². The van der Waals surface area contributed by atoms with E-state index in [1.807, 2.05) is 6.92 Å². The number of amides is 2. The average molecular weight is 565 g/mol. The maximum atomic E-state index is 14.8. The van der Waals surface area contributed by atoms with Crippen molar-refractivity contribution >= 4 is 40.1 Å². The Labute approximate surface area is 239 Å². The van der Waals surface area contributed by atoms with Crippen molar-refractivity contribution in [1.82, 2.24) is 4.90 Å². The highest BCUT2D eigenvalue weighted by Gasteiger charge is 2.65. The Morgan fingerprint density at radius 2 is 1.56 bits per heavy atom. The van der Waals surface area contributed by atoms with E-state index in [4.69, 9.17) is 16.0 Å².